The molecule has 0 aliphatic heterocycles. The van der Waals surface area contributed by atoms with Gasteiger partial charge in [-0.25, -0.2) is 12.8 Å². The van der Waals surface area contributed by atoms with E-state index in [-0.39, 0.29) is 30.1 Å². The van der Waals surface area contributed by atoms with Crippen molar-refractivity contribution in [2.75, 3.05) is 16.3 Å². The van der Waals surface area contributed by atoms with E-state index in [9.17, 15) is 17.6 Å². The molecule has 2 N–H and O–H groups in total. The van der Waals surface area contributed by atoms with Crippen LogP contribution in [0, 0.1) is 5.82 Å². The number of rotatable bonds is 7. The van der Waals surface area contributed by atoms with Crippen LogP contribution in [0.3, 0.4) is 0 Å². The lowest BCUT2D eigenvalue weighted by atomic mass is 10.2. The molecular formula is C14H17FN4O4S. The number of halogens is 1. The van der Waals surface area contributed by atoms with Crippen molar-refractivity contribution in [2.45, 2.75) is 26.2 Å². The molecule has 0 fully saturated rings. The number of amides is 1. The molecule has 1 aromatic heterocycles. The smallest absolute Gasteiger partial charge is 0.229 e. The van der Waals surface area contributed by atoms with Gasteiger partial charge in [-0.2, -0.15) is 4.98 Å². The van der Waals surface area contributed by atoms with E-state index in [4.69, 9.17) is 4.52 Å². The van der Waals surface area contributed by atoms with Gasteiger partial charge in [0.15, 0.2) is 5.82 Å². The average Bonchev–Trinajstić information content (AvgIpc) is 2.95. The van der Waals surface area contributed by atoms with Gasteiger partial charge in [0.1, 0.15) is 5.82 Å². The van der Waals surface area contributed by atoms with Crippen LogP contribution in [-0.2, 0) is 27.7 Å². The zero-order valence-corrected chi connectivity index (χ0v) is 14.0. The molecule has 0 saturated heterocycles. The number of aryl methyl sites for hydroxylation is 2. The molecule has 8 nitrogen and oxygen atoms in total. The summed E-state index contributed by atoms with van der Waals surface area (Å²) in [6.07, 6.45) is 1.92. The minimum Gasteiger partial charge on any atom is -0.339 e. The van der Waals surface area contributed by atoms with E-state index in [1.165, 1.54) is 12.1 Å². The van der Waals surface area contributed by atoms with Gasteiger partial charge in [-0.3, -0.25) is 9.52 Å². The van der Waals surface area contributed by atoms with Crippen molar-refractivity contribution in [1.29, 1.82) is 0 Å². The summed E-state index contributed by atoms with van der Waals surface area (Å²) >= 11 is 0. The molecule has 0 unspecified atom stereocenters. The standard InChI is InChI=1S/C14H17FN4O4S/c1-3-12-17-14(23-18-12)7-6-13(20)16-9-4-5-10(15)11(8-9)19-24(2,21)22/h4-5,8,19H,3,6-7H2,1-2H3,(H,16,20). The second kappa shape index (κ2) is 7.39. The van der Waals surface area contributed by atoms with E-state index < -0.39 is 15.8 Å². The van der Waals surface area contributed by atoms with Crippen LogP contribution in [-0.4, -0.2) is 30.7 Å². The number of anilines is 2. The number of nitrogens with one attached hydrogen (secondary N) is 2. The number of hydrogen-bond donors (Lipinski definition) is 2. The number of carbonyl (C=O) groups excluding carboxylic acids is 1. The van der Waals surface area contributed by atoms with E-state index in [1.54, 1.807) is 0 Å². The van der Waals surface area contributed by atoms with E-state index in [0.717, 1.165) is 12.3 Å². The summed E-state index contributed by atoms with van der Waals surface area (Å²) in [6, 6.07) is 3.60. The third-order valence-corrected chi connectivity index (χ3v) is 3.53. The maximum absolute atomic E-state index is 13.6. The first-order chi connectivity index (χ1) is 11.3. The third-order valence-electron chi connectivity index (χ3n) is 2.94. The quantitative estimate of drug-likeness (QED) is 0.781. The van der Waals surface area contributed by atoms with Gasteiger partial charge in [0, 0.05) is 24.9 Å². The molecule has 2 rings (SSSR count). The molecule has 10 heteroatoms. The Bertz CT molecular complexity index is 835. The Kier molecular flexibility index (Phi) is 5.50. The van der Waals surface area contributed by atoms with Crippen molar-refractivity contribution in [3.63, 3.8) is 0 Å². The van der Waals surface area contributed by atoms with Gasteiger partial charge in [-0.15, -0.1) is 0 Å². The largest absolute Gasteiger partial charge is 0.339 e. The number of benzene rings is 1. The maximum Gasteiger partial charge on any atom is 0.229 e. The number of nitrogens with zero attached hydrogens (tertiary/aromatic N) is 2. The highest BCUT2D eigenvalue weighted by atomic mass is 32.2. The van der Waals surface area contributed by atoms with Gasteiger partial charge in [-0.05, 0) is 18.2 Å². The van der Waals surface area contributed by atoms with Crippen LogP contribution in [0.1, 0.15) is 25.1 Å². The molecule has 0 bridgehead atoms. The summed E-state index contributed by atoms with van der Waals surface area (Å²) in [5.41, 5.74) is 0.0344. The lowest BCUT2D eigenvalue weighted by molar-refractivity contribution is -0.116. The molecular weight excluding hydrogens is 339 g/mol. The predicted molar refractivity (Wildman–Crippen MR) is 85.5 cm³/mol. The molecule has 0 spiro atoms. The highest BCUT2D eigenvalue weighted by molar-refractivity contribution is 7.92. The Balaban J connectivity index is 1.97. The van der Waals surface area contributed by atoms with Gasteiger partial charge in [0.25, 0.3) is 0 Å². The Morgan fingerprint density at radius 2 is 2.12 bits per heavy atom. The minimum atomic E-state index is -3.62. The van der Waals surface area contributed by atoms with Crippen molar-refractivity contribution in [1.82, 2.24) is 10.1 Å². The zero-order chi connectivity index (χ0) is 17.7. The number of carbonyl (C=O) groups is 1. The Morgan fingerprint density at radius 3 is 2.75 bits per heavy atom. The summed E-state index contributed by atoms with van der Waals surface area (Å²) in [4.78, 5) is 16.0. The van der Waals surface area contributed by atoms with Gasteiger partial charge >= 0.3 is 0 Å². The van der Waals surface area contributed by atoms with Crippen molar-refractivity contribution in [2.24, 2.45) is 0 Å². The van der Waals surface area contributed by atoms with Gasteiger partial charge in [-0.1, -0.05) is 12.1 Å². The lowest BCUT2D eigenvalue weighted by Crippen LogP contribution is -2.14. The Hall–Kier alpha value is -2.49. The number of sulfonamides is 1. The lowest BCUT2D eigenvalue weighted by Gasteiger charge is -2.09. The molecule has 130 valence electrons. The van der Waals surface area contributed by atoms with E-state index in [2.05, 4.69) is 15.5 Å². The SMILES string of the molecule is CCc1noc(CCC(=O)Nc2ccc(F)c(NS(C)(=O)=O)c2)n1. The van der Waals surface area contributed by atoms with Crippen molar-refractivity contribution in [3.05, 3.63) is 35.7 Å². The van der Waals surface area contributed by atoms with Crippen molar-refractivity contribution in [3.8, 4) is 0 Å². The first-order valence-corrected chi connectivity index (χ1v) is 9.04. The van der Waals surface area contributed by atoms with Crippen LogP contribution < -0.4 is 10.0 Å². The molecule has 1 aromatic carbocycles. The molecule has 0 aliphatic carbocycles. The van der Waals surface area contributed by atoms with Crippen LogP contribution in [0.4, 0.5) is 15.8 Å². The molecule has 0 atom stereocenters. The predicted octanol–water partition coefficient (Wildman–Crippen LogP) is 1.71. The van der Waals surface area contributed by atoms with Crippen LogP contribution in [0.5, 0.6) is 0 Å². The summed E-state index contributed by atoms with van der Waals surface area (Å²) < 4.78 is 43.0. The highest BCUT2D eigenvalue weighted by Gasteiger charge is 2.12. The van der Waals surface area contributed by atoms with E-state index in [1.807, 2.05) is 11.6 Å². The normalized spacial score (nSPS) is 11.3. The zero-order valence-electron chi connectivity index (χ0n) is 13.2. The van der Waals surface area contributed by atoms with Crippen LogP contribution >= 0.6 is 0 Å². The van der Waals surface area contributed by atoms with Crippen molar-refractivity contribution >= 4 is 27.3 Å². The maximum atomic E-state index is 13.6. The number of hydrogen-bond acceptors (Lipinski definition) is 6. The summed E-state index contributed by atoms with van der Waals surface area (Å²) in [6.45, 7) is 1.89. The van der Waals surface area contributed by atoms with E-state index >= 15 is 0 Å². The second-order valence-corrected chi connectivity index (χ2v) is 6.82. The fourth-order valence-electron chi connectivity index (χ4n) is 1.86. The molecule has 1 heterocycles. The van der Waals surface area contributed by atoms with Crippen LogP contribution in [0.15, 0.2) is 22.7 Å². The average molecular weight is 356 g/mol. The highest BCUT2D eigenvalue weighted by Crippen LogP contribution is 2.20. The molecule has 1 amide bonds. The van der Waals surface area contributed by atoms with Crippen molar-refractivity contribution < 1.29 is 22.1 Å². The summed E-state index contributed by atoms with van der Waals surface area (Å²) in [7, 11) is -3.62. The fourth-order valence-corrected chi connectivity index (χ4v) is 2.42. The van der Waals surface area contributed by atoms with Crippen LogP contribution in [0.25, 0.3) is 0 Å². The number of aromatic nitrogens is 2. The first-order valence-electron chi connectivity index (χ1n) is 7.15. The molecule has 0 aliphatic rings. The Morgan fingerprint density at radius 1 is 1.38 bits per heavy atom. The third kappa shape index (κ3) is 5.30. The van der Waals surface area contributed by atoms with Gasteiger partial charge < -0.3 is 9.84 Å². The fraction of sp³-hybridized carbons (Fsp3) is 0.357. The topological polar surface area (TPSA) is 114 Å². The van der Waals surface area contributed by atoms with E-state index in [0.29, 0.717) is 18.1 Å². The first kappa shape index (κ1) is 17.9. The minimum absolute atomic E-state index is 0.0948. The Labute approximate surface area is 138 Å². The second-order valence-electron chi connectivity index (χ2n) is 5.07. The summed E-state index contributed by atoms with van der Waals surface area (Å²) in [5, 5.41) is 6.28. The molecule has 24 heavy (non-hydrogen) atoms. The van der Waals surface area contributed by atoms with Crippen LogP contribution in [0.2, 0.25) is 0 Å². The molecule has 2 aromatic rings. The van der Waals surface area contributed by atoms with Gasteiger partial charge in [0.2, 0.25) is 21.8 Å². The monoisotopic (exact) mass is 356 g/mol. The molecule has 0 saturated carbocycles. The summed E-state index contributed by atoms with van der Waals surface area (Å²) in [5.74, 6) is -0.152. The van der Waals surface area contributed by atoms with Gasteiger partial charge in [0.05, 0.1) is 11.9 Å². The molecule has 0 radical (unpaired) electrons.